The molecule has 0 radical (unpaired) electrons. The largest absolute Gasteiger partial charge is 0.321 e. The van der Waals surface area contributed by atoms with Gasteiger partial charge < -0.3 is 5.32 Å². The van der Waals surface area contributed by atoms with E-state index in [1.807, 2.05) is 36.4 Å². The molecule has 1 aromatic carbocycles. The molecule has 1 amide bonds. The number of pyridine rings is 1. The fourth-order valence-electron chi connectivity index (χ4n) is 2.02. The zero-order valence-corrected chi connectivity index (χ0v) is 12.9. The number of aryl methyl sites for hydroxylation is 1. The van der Waals surface area contributed by atoms with Crippen LogP contribution in [0.1, 0.15) is 23.0 Å². The Balaban J connectivity index is 1.74. The summed E-state index contributed by atoms with van der Waals surface area (Å²) in [6, 6.07) is 11.6. The Labute approximate surface area is 132 Å². The van der Waals surface area contributed by atoms with Gasteiger partial charge in [-0.25, -0.2) is 4.98 Å². The lowest BCUT2D eigenvalue weighted by molar-refractivity contribution is 0.102. The number of carbonyl (C=O) groups excluding carboxylic acids is 1. The fourth-order valence-corrected chi connectivity index (χ4v) is 2.81. The Morgan fingerprint density at radius 2 is 2.05 bits per heavy atom. The SMILES string of the molecule is CCc1ccc(NC(=O)c2csc(-c3cccnc3)n2)cc1. The van der Waals surface area contributed by atoms with Crippen LogP contribution in [0.15, 0.2) is 54.2 Å². The number of amides is 1. The summed E-state index contributed by atoms with van der Waals surface area (Å²) >= 11 is 1.44. The Kier molecular flexibility index (Phi) is 4.25. The van der Waals surface area contributed by atoms with Crippen molar-refractivity contribution >= 4 is 22.9 Å². The highest BCUT2D eigenvalue weighted by Crippen LogP contribution is 2.23. The highest BCUT2D eigenvalue weighted by molar-refractivity contribution is 7.13. The smallest absolute Gasteiger partial charge is 0.275 e. The normalized spacial score (nSPS) is 10.4. The van der Waals surface area contributed by atoms with E-state index in [4.69, 9.17) is 0 Å². The molecule has 3 rings (SSSR count). The predicted octanol–water partition coefficient (Wildman–Crippen LogP) is 4.02. The lowest BCUT2D eigenvalue weighted by atomic mass is 10.1. The van der Waals surface area contributed by atoms with Crippen molar-refractivity contribution in [3.05, 3.63) is 65.4 Å². The highest BCUT2D eigenvalue weighted by atomic mass is 32.1. The van der Waals surface area contributed by atoms with Gasteiger partial charge in [-0.2, -0.15) is 0 Å². The van der Waals surface area contributed by atoms with Crippen LogP contribution in [0.5, 0.6) is 0 Å². The zero-order chi connectivity index (χ0) is 15.4. The van der Waals surface area contributed by atoms with Gasteiger partial charge in [0, 0.05) is 29.0 Å². The molecule has 0 fully saturated rings. The van der Waals surface area contributed by atoms with E-state index in [1.165, 1.54) is 16.9 Å². The van der Waals surface area contributed by atoms with E-state index in [1.54, 1.807) is 17.8 Å². The summed E-state index contributed by atoms with van der Waals surface area (Å²) in [5.74, 6) is -0.198. The Hall–Kier alpha value is -2.53. The number of hydrogen-bond donors (Lipinski definition) is 1. The van der Waals surface area contributed by atoms with Crippen molar-refractivity contribution in [2.45, 2.75) is 13.3 Å². The Morgan fingerprint density at radius 3 is 2.73 bits per heavy atom. The number of nitrogens with zero attached hydrogens (tertiary/aromatic N) is 2. The molecule has 0 unspecified atom stereocenters. The van der Waals surface area contributed by atoms with Gasteiger partial charge in [0.15, 0.2) is 0 Å². The summed E-state index contributed by atoms with van der Waals surface area (Å²) in [7, 11) is 0. The molecule has 0 spiro atoms. The standard InChI is InChI=1S/C17H15N3OS/c1-2-12-5-7-14(8-6-12)19-16(21)15-11-22-17(20-15)13-4-3-9-18-10-13/h3-11H,2H2,1H3,(H,19,21). The van der Waals surface area contributed by atoms with Crippen molar-refractivity contribution in [2.24, 2.45) is 0 Å². The Morgan fingerprint density at radius 1 is 1.23 bits per heavy atom. The van der Waals surface area contributed by atoms with Gasteiger partial charge in [0.2, 0.25) is 0 Å². The molecule has 0 saturated carbocycles. The predicted molar refractivity (Wildman–Crippen MR) is 89.1 cm³/mol. The molecule has 0 aliphatic carbocycles. The van der Waals surface area contributed by atoms with Crippen molar-refractivity contribution in [2.75, 3.05) is 5.32 Å². The average molecular weight is 309 g/mol. The molecule has 0 saturated heterocycles. The number of anilines is 1. The summed E-state index contributed by atoms with van der Waals surface area (Å²) < 4.78 is 0. The monoisotopic (exact) mass is 309 g/mol. The maximum Gasteiger partial charge on any atom is 0.275 e. The summed E-state index contributed by atoms with van der Waals surface area (Å²) in [5.41, 5.74) is 3.35. The minimum absolute atomic E-state index is 0.198. The van der Waals surface area contributed by atoms with Crippen LogP contribution in [0.3, 0.4) is 0 Å². The van der Waals surface area contributed by atoms with Gasteiger partial charge in [-0.1, -0.05) is 19.1 Å². The summed E-state index contributed by atoms with van der Waals surface area (Å²) in [6.07, 6.45) is 4.43. The van der Waals surface area contributed by atoms with Crippen LogP contribution in [0.4, 0.5) is 5.69 Å². The maximum atomic E-state index is 12.2. The zero-order valence-electron chi connectivity index (χ0n) is 12.1. The number of rotatable bonds is 4. The summed E-state index contributed by atoms with van der Waals surface area (Å²) in [5, 5.41) is 5.42. The van der Waals surface area contributed by atoms with E-state index >= 15 is 0 Å². The van der Waals surface area contributed by atoms with Crippen LogP contribution in [0.2, 0.25) is 0 Å². The Bertz CT molecular complexity index is 766. The van der Waals surface area contributed by atoms with E-state index in [2.05, 4.69) is 22.2 Å². The first-order chi connectivity index (χ1) is 10.8. The third-order valence-electron chi connectivity index (χ3n) is 3.27. The minimum atomic E-state index is -0.198. The number of aromatic nitrogens is 2. The number of nitrogens with one attached hydrogen (secondary N) is 1. The van der Waals surface area contributed by atoms with Crippen molar-refractivity contribution < 1.29 is 4.79 Å². The molecule has 2 aromatic heterocycles. The second-order valence-electron chi connectivity index (χ2n) is 4.78. The van der Waals surface area contributed by atoms with Gasteiger partial charge in [0.05, 0.1) is 0 Å². The van der Waals surface area contributed by atoms with E-state index in [9.17, 15) is 4.79 Å². The molecule has 22 heavy (non-hydrogen) atoms. The first-order valence-corrected chi connectivity index (χ1v) is 7.90. The van der Waals surface area contributed by atoms with Crippen molar-refractivity contribution in [1.82, 2.24) is 9.97 Å². The summed E-state index contributed by atoms with van der Waals surface area (Å²) in [6.45, 7) is 2.10. The molecule has 5 heteroatoms. The third kappa shape index (κ3) is 3.20. The summed E-state index contributed by atoms with van der Waals surface area (Å²) in [4.78, 5) is 20.7. The third-order valence-corrected chi connectivity index (χ3v) is 4.16. The van der Waals surface area contributed by atoms with Crippen LogP contribution >= 0.6 is 11.3 Å². The molecule has 0 aliphatic rings. The van der Waals surface area contributed by atoms with E-state index < -0.39 is 0 Å². The molecular formula is C17H15N3OS. The van der Waals surface area contributed by atoms with Crippen LogP contribution in [0.25, 0.3) is 10.6 Å². The van der Waals surface area contributed by atoms with Gasteiger partial charge >= 0.3 is 0 Å². The van der Waals surface area contributed by atoms with Gasteiger partial charge in [-0.05, 0) is 36.2 Å². The molecule has 4 nitrogen and oxygen atoms in total. The number of thiazole rings is 1. The van der Waals surface area contributed by atoms with Gasteiger partial charge in [-0.3, -0.25) is 9.78 Å². The van der Waals surface area contributed by atoms with Crippen molar-refractivity contribution in [3.8, 4) is 10.6 Å². The molecule has 2 heterocycles. The molecule has 110 valence electrons. The van der Waals surface area contributed by atoms with Crippen LogP contribution in [-0.2, 0) is 6.42 Å². The molecule has 3 aromatic rings. The lowest BCUT2D eigenvalue weighted by Gasteiger charge is -2.04. The van der Waals surface area contributed by atoms with E-state index in [-0.39, 0.29) is 5.91 Å². The molecule has 1 N–H and O–H groups in total. The topological polar surface area (TPSA) is 54.9 Å². The lowest BCUT2D eigenvalue weighted by Crippen LogP contribution is -2.12. The quantitative estimate of drug-likeness (QED) is 0.792. The average Bonchev–Trinajstić information content (AvgIpc) is 3.06. The number of carbonyl (C=O) groups is 1. The molecule has 0 aliphatic heterocycles. The second kappa shape index (κ2) is 6.49. The minimum Gasteiger partial charge on any atom is -0.321 e. The first-order valence-electron chi connectivity index (χ1n) is 7.02. The highest BCUT2D eigenvalue weighted by Gasteiger charge is 2.12. The van der Waals surface area contributed by atoms with Crippen LogP contribution in [-0.4, -0.2) is 15.9 Å². The van der Waals surface area contributed by atoms with Crippen LogP contribution in [0, 0.1) is 0 Å². The first kappa shape index (κ1) is 14.4. The molecule has 0 bridgehead atoms. The molecule has 0 atom stereocenters. The van der Waals surface area contributed by atoms with Crippen molar-refractivity contribution in [1.29, 1.82) is 0 Å². The van der Waals surface area contributed by atoms with Gasteiger partial charge in [0.1, 0.15) is 10.7 Å². The van der Waals surface area contributed by atoms with E-state index in [0.29, 0.717) is 5.69 Å². The van der Waals surface area contributed by atoms with Gasteiger partial charge in [-0.15, -0.1) is 11.3 Å². The second-order valence-corrected chi connectivity index (χ2v) is 5.64. The molecular weight excluding hydrogens is 294 g/mol. The number of benzene rings is 1. The fraction of sp³-hybridized carbons (Fsp3) is 0.118. The van der Waals surface area contributed by atoms with E-state index in [0.717, 1.165) is 22.7 Å². The van der Waals surface area contributed by atoms with Gasteiger partial charge in [0.25, 0.3) is 5.91 Å². The van der Waals surface area contributed by atoms with Crippen molar-refractivity contribution in [3.63, 3.8) is 0 Å². The maximum absolute atomic E-state index is 12.2. The van der Waals surface area contributed by atoms with Crippen LogP contribution < -0.4 is 5.32 Å². The number of hydrogen-bond acceptors (Lipinski definition) is 4.